The molecule has 0 aromatic carbocycles. The van der Waals surface area contributed by atoms with Crippen molar-refractivity contribution < 1.29 is 9.26 Å². The summed E-state index contributed by atoms with van der Waals surface area (Å²) < 4.78 is 13.4. The highest BCUT2D eigenvalue weighted by Gasteiger charge is 2.37. The fraction of sp³-hybridized carbons (Fsp3) is 0.667. The van der Waals surface area contributed by atoms with Crippen molar-refractivity contribution in [3.63, 3.8) is 0 Å². The van der Waals surface area contributed by atoms with Crippen LogP contribution in [0.2, 0.25) is 0 Å². The van der Waals surface area contributed by atoms with Crippen molar-refractivity contribution in [2.45, 2.75) is 45.3 Å². The third kappa shape index (κ3) is 2.61. The van der Waals surface area contributed by atoms with E-state index in [1.54, 1.807) is 0 Å². The normalized spacial score (nSPS) is 21.7. The lowest BCUT2D eigenvalue weighted by molar-refractivity contribution is 0.0901. The van der Waals surface area contributed by atoms with Crippen LogP contribution in [0.1, 0.15) is 56.8 Å². The molecular formula is C15H23N5O2. The van der Waals surface area contributed by atoms with E-state index < -0.39 is 0 Å². The second-order valence-corrected chi connectivity index (χ2v) is 5.93. The van der Waals surface area contributed by atoms with Crippen LogP contribution in [-0.2, 0) is 4.74 Å². The van der Waals surface area contributed by atoms with Crippen LogP contribution in [0.15, 0.2) is 16.8 Å². The molecule has 0 radical (unpaired) electrons. The number of nitrogens with zero attached hydrogens (tertiary/aromatic N) is 5. The van der Waals surface area contributed by atoms with Crippen LogP contribution in [0.4, 0.5) is 5.95 Å². The molecule has 0 amide bonds. The van der Waals surface area contributed by atoms with Gasteiger partial charge in [-0.25, -0.2) is 0 Å². The summed E-state index contributed by atoms with van der Waals surface area (Å²) in [5.41, 5.74) is 1.07. The van der Waals surface area contributed by atoms with Crippen LogP contribution in [-0.4, -0.2) is 40.1 Å². The molecule has 0 saturated carbocycles. The minimum atomic E-state index is -0.0786. The number of aromatic nitrogens is 4. The Labute approximate surface area is 130 Å². The van der Waals surface area contributed by atoms with Crippen LogP contribution in [0, 0.1) is 0 Å². The molecule has 7 heteroatoms. The lowest BCUT2D eigenvalue weighted by Crippen LogP contribution is -2.17. The van der Waals surface area contributed by atoms with E-state index in [1.807, 2.05) is 28.9 Å². The lowest BCUT2D eigenvalue weighted by Gasteiger charge is -2.19. The molecule has 2 aromatic rings. The maximum Gasteiger partial charge on any atom is 0.265 e. The first-order valence-electron chi connectivity index (χ1n) is 7.81. The smallest absolute Gasteiger partial charge is 0.265 e. The van der Waals surface area contributed by atoms with Crippen molar-refractivity contribution in [2.24, 2.45) is 0 Å². The average molecular weight is 305 g/mol. The van der Waals surface area contributed by atoms with Crippen LogP contribution in [0.5, 0.6) is 0 Å². The predicted molar refractivity (Wildman–Crippen MR) is 81.9 cm³/mol. The number of hydrogen-bond acceptors (Lipinski definition) is 6. The maximum absolute atomic E-state index is 5.95. The molecule has 2 aromatic heterocycles. The number of rotatable bonds is 5. The van der Waals surface area contributed by atoms with Crippen molar-refractivity contribution in [3.05, 3.63) is 23.8 Å². The molecule has 0 aliphatic carbocycles. The van der Waals surface area contributed by atoms with Gasteiger partial charge in [-0.2, -0.15) is 10.1 Å². The molecule has 120 valence electrons. The summed E-state index contributed by atoms with van der Waals surface area (Å²) >= 11 is 0. The summed E-state index contributed by atoms with van der Waals surface area (Å²) in [6, 6.07) is 2.30. The van der Waals surface area contributed by atoms with Gasteiger partial charge in [0.15, 0.2) is 0 Å². The Kier molecular flexibility index (Phi) is 4.15. The molecule has 3 rings (SSSR count). The zero-order valence-corrected chi connectivity index (χ0v) is 13.6. The van der Waals surface area contributed by atoms with E-state index >= 15 is 0 Å². The summed E-state index contributed by atoms with van der Waals surface area (Å²) in [5.74, 6) is 1.36. The van der Waals surface area contributed by atoms with Crippen molar-refractivity contribution in [1.29, 1.82) is 0 Å². The van der Waals surface area contributed by atoms with Crippen molar-refractivity contribution in [3.8, 4) is 0 Å². The molecule has 3 heterocycles. The van der Waals surface area contributed by atoms with Crippen molar-refractivity contribution in [1.82, 2.24) is 19.9 Å². The fourth-order valence-corrected chi connectivity index (χ4v) is 2.79. The van der Waals surface area contributed by atoms with Crippen LogP contribution in [0.25, 0.3) is 0 Å². The Bertz CT molecular complexity index is 621. The Morgan fingerprint density at radius 3 is 3.00 bits per heavy atom. The fourth-order valence-electron chi connectivity index (χ4n) is 2.79. The Morgan fingerprint density at radius 1 is 1.45 bits per heavy atom. The van der Waals surface area contributed by atoms with Crippen LogP contribution >= 0.6 is 0 Å². The first-order chi connectivity index (χ1) is 10.6. The summed E-state index contributed by atoms with van der Waals surface area (Å²) in [4.78, 5) is 6.49. The average Bonchev–Trinajstić information content (AvgIpc) is 3.22. The zero-order valence-electron chi connectivity index (χ0n) is 13.6. The summed E-state index contributed by atoms with van der Waals surface area (Å²) in [6.07, 6.45) is 2.62. The topological polar surface area (TPSA) is 69.2 Å². The molecule has 0 bridgehead atoms. The van der Waals surface area contributed by atoms with Gasteiger partial charge in [0.1, 0.15) is 6.10 Å². The molecular weight excluding hydrogens is 282 g/mol. The number of ether oxygens (including phenoxy) is 1. The van der Waals surface area contributed by atoms with Gasteiger partial charge in [0.05, 0.1) is 11.6 Å². The van der Waals surface area contributed by atoms with E-state index in [2.05, 4.69) is 36.0 Å². The first kappa shape index (κ1) is 15.0. The molecule has 1 fully saturated rings. The van der Waals surface area contributed by atoms with Gasteiger partial charge in [0, 0.05) is 32.4 Å². The van der Waals surface area contributed by atoms with E-state index in [9.17, 15) is 0 Å². The summed E-state index contributed by atoms with van der Waals surface area (Å²) in [7, 11) is 1.95. The second-order valence-electron chi connectivity index (χ2n) is 5.93. The molecule has 2 atom stereocenters. The first-order valence-corrected chi connectivity index (χ1v) is 7.81. The molecule has 1 saturated heterocycles. The highest BCUT2D eigenvalue weighted by molar-refractivity contribution is 5.26. The second kappa shape index (κ2) is 6.08. The molecule has 22 heavy (non-hydrogen) atoms. The van der Waals surface area contributed by atoms with Crippen LogP contribution in [0.3, 0.4) is 0 Å². The summed E-state index contributed by atoms with van der Waals surface area (Å²) in [5, 5.41) is 8.46. The van der Waals surface area contributed by atoms with Gasteiger partial charge < -0.3 is 14.2 Å². The minimum absolute atomic E-state index is 0.0786. The minimum Gasteiger partial charge on any atom is -0.371 e. The highest BCUT2D eigenvalue weighted by atomic mass is 16.5. The molecule has 1 aliphatic rings. The van der Waals surface area contributed by atoms with Gasteiger partial charge in [0.25, 0.3) is 5.95 Å². The van der Waals surface area contributed by atoms with Gasteiger partial charge in [-0.3, -0.25) is 4.68 Å². The largest absolute Gasteiger partial charge is 0.371 e. The van der Waals surface area contributed by atoms with Gasteiger partial charge in [0.2, 0.25) is 5.89 Å². The monoisotopic (exact) mass is 305 g/mol. The van der Waals surface area contributed by atoms with Crippen molar-refractivity contribution >= 4 is 5.95 Å². The Hall–Kier alpha value is -1.89. The third-order valence-corrected chi connectivity index (χ3v) is 4.14. The molecule has 0 unspecified atom stereocenters. The standard InChI is InChI=1S/C15H23N5O2/c1-5-19(4)15-17-14(22-18-15)11-7-9-21-13(11)12-6-8-16-20(12)10(2)3/h6,8,10-11,13H,5,7,9H2,1-4H3/t11-,13-/m1/s1. The van der Waals surface area contributed by atoms with E-state index in [4.69, 9.17) is 9.26 Å². The van der Waals surface area contributed by atoms with Gasteiger partial charge in [-0.05, 0) is 38.4 Å². The third-order valence-electron chi connectivity index (χ3n) is 4.14. The lowest BCUT2D eigenvalue weighted by atomic mass is 9.98. The highest BCUT2D eigenvalue weighted by Crippen LogP contribution is 2.41. The van der Waals surface area contributed by atoms with E-state index in [0.717, 1.165) is 18.7 Å². The van der Waals surface area contributed by atoms with Gasteiger partial charge in [-0.1, -0.05) is 0 Å². The molecule has 0 N–H and O–H groups in total. The zero-order chi connectivity index (χ0) is 15.7. The van der Waals surface area contributed by atoms with Crippen molar-refractivity contribution in [2.75, 3.05) is 25.1 Å². The van der Waals surface area contributed by atoms with Gasteiger partial charge in [-0.15, -0.1) is 0 Å². The van der Waals surface area contributed by atoms with E-state index in [0.29, 0.717) is 24.5 Å². The Balaban J connectivity index is 1.87. The van der Waals surface area contributed by atoms with Crippen LogP contribution < -0.4 is 4.90 Å². The van der Waals surface area contributed by atoms with E-state index in [1.165, 1.54) is 0 Å². The van der Waals surface area contributed by atoms with Gasteiger partial charge >= 0.3 is 0 Å². The Morgan fingerprint density at radius 2 is 2.27 bits per heavy atom. The quantitative estimate of drug-likeness (QED) is 0.845. The molecule has 1 aliphatic heterocycles. The molecule has 7 nitrogen and oxygen atoms in total. The SMILES string of the molecule is CCN(C)c1noc([C@@H]2CCO[C@H]2c2ccnn2C(C)C)n1. The predicted octanol–water partition coefficient (Wildman–Crippen LogP) is 2.55. The number of anilines is 1. The number of hydrogen-bond donors (Lipinski definition) is 0. The van der Waals surface area contributed by atoms with E-state index in [-0.39, 0.29) is 12.0 Å². The molecule has 0 spiro atoms. The maximum atomic E-state index is 5.95. The summed E-state index contributed by atoms with van der Waals surface area (Å²) in [6.45, 7) is 7.81.